The van der Waals surface area contributed by atoms with E-state index < -0.39 is 0 Å². The minimum absolute atomic E-state index is 0.396. The van der Waals surface area contributed by atoms with Gasteiger partial charge in [-0.05, 0) is 24.7 Å². The Morgan fingerprint density at radius 3 is 2.71 bits per heavy atom. The molecule has 2 rings (SSSR count). The lowest BCUT2D eigenvalue weighted by molar-refractivity contribution is 0.325. The molecule has 5 heteroatoms. The van der Waals surface area contributed by atoms with E-state index >= 15 is 0 Å². The quantitative estimate of drug-likeness (QED) is 0.780. The lowest BCUT2D eigenvalue weighted by Crippen LogP contribution is -2.25. The predicted octanol–water partition coefficient (Wildman–Crippen LogP) is 3.80. The van der Waals surface area contributed by atoms with E-state index in [0.717, 1.165) is 25.2 Å². The molecule has 17 heavy (non-hydrogen) atoms. The van der Waals surface area contributed by atoms with Gasteiger partial charge < -0.3 is 4.90 Å². The smallest absolute Gasteiger partial charge is 0.175 e. The van der Waals surface area contributed by atoms with E-state index in [2.05, 4.69) is 28.9 Å². The summed E-state index contributed by atoms with van der Waals surface area (Å²) < 4.78 is 0. The van der Waals surface area contributed by atoms with Gasteiger partial charge in [-0.25, -0.2) is 0 Å². The summed E-state index contributed by atoms with van der Waals surface area (Å²) in [5.74, 6) is 0. The van der Waals surface area contributed by atoms with Gasteiger partial charge in [-0.15, -0.1) is 10.2 Å². The van der Waals surface area contributed by atoms with Crippen LogP contribution in [-0.2, 0) is 0 Å². The minimum atomic E-state index is 0.396. The molecule has 1 aliphatic rings. The second kappa shape index (κ2) is 4.99. The van der Waals surface area contributed by atoms with Gasteiger partial charge in [0.05, 0.1) is 5.69 Å². The molecular formula is C12H17Cl2N3. The molecule has 3 nitrogen and oxygen atoms in total. The van der Waals surface area contributed by atoms with Gasteiger partial charge in [0.1, 0.15) is 0 Å². The zero-order valence-corrected chi connectivity index (χ0v) is 11.7. The van der Waals surface area contributed by atoms with Crippen LogP contribution in [0.1, 0.15) is 33.1 Å². The van der Waals surface area contributed by atoms with Crippen LogP contribution in [0.15, 0.2) is 6.07 Å². The maximum absolute atomic E-state index is 6.08. The maximum Gasteiger partial charge on any atom is 0.175 e. The van der Waals surface area contributed by atoms with Crippen molar-refractivity contribution in [3.05, 3.63) is 16.4 Å². The average molecular weight is 274 g/mol. The van der Waals surface area contributed by atoms with Crippen LogP contribution in [0.3, 0.4) is 0 Å². The van der Waals surface area contributed by atoms with Crippen molar-refractivity contribution in [1.82, 2.24) is 10.2 Å². The Bertz CT molecular complexity index is 407. The van der Waals surface area contributed by atoms with Gasteiger partial charge >= 0.3 is 0 Å². The molecular weight excluding hydrogens is 257 g/mol. The van der Waals surface area contributed by atoms with Crippen LogP contribution in [0.25, 0.3) is 0 Å². The third kappa shape index (κ3) is 3.23. The standard InChI is InChI=1S/C12H17Cl2N3/c1-12(2)4-3-6-17(7-5-12)9-8-10(13)15-16-11(9)14/h8H,3-7H2,1-2H3. The predicted molar refractivity (Wildman–Crippen MR) is 71.9 cm³/mol. The van der Waals surface area contributed by atoms with E-state index in [0.29, 0.717) is 15.7 Å². The lowest BCUT2D eigenvalue weighted by atomic mass is 9.85. The third-order valence-corrected chi connectivity index (χ3v) is 3.84. The highest BCUT2D eigenvalue weighted by Gasteiger charge is 2.24. The number of anilines is 1. The summed E-state index contributed by atoms with van der Waals surface area (Å²) in [6.07, 6.45) is 3.57. The molecule has 0 bridgehead atoms. The Kier molecular flexibility index (Phi) is 3.79. The monoisotopic (exact) mass is 273 g/mol. The molecule has 1 aromatic heterocycles. The van der Waals surface area contributed by atoms with Gasteiger partial charge in [0, 0.05) is 19.2 Å². The molecule has 94 valence electrons. The first-order chi connectivity index (χ1) is 7.98. The van der Waals surface area contributed by atoms with Crippen LogP contribution in [0, 0.1) is 5.41 Å². The number of nitrogens with zero attached hydrogens (tertiary/aromatic N) is 3. The van der Waals surface area contributed by atoms with E-state index in [-0.39, 0.29) is 0 Å². The van der Waals surface area contributed by atoms with E-state index in [1.165, 1.54) is 12.8 Å². The van der Waals surface area contributed by atoms with E-state index in [1.807, 2.05) is 0 Å². The van der Waals surface area contributed by atoms with Crippen molar-refractivity contribution in [3.8, 4) is 0 Å². The molecule has 0 aromatic carbocycles. The van der Waals surface area contributed by atoms with Crippen molar-refractivity contribution in [2.24, 2.45) is 5.41 Å². The van der Waals surface area contributed by atoms with Crippen molar-refractivity contribution < 1.29 is 0 Å². The number of aromatic nitrogens is 2. The molecule has 0 saturated carbocycles. The molecule has 0 amide bonds. The molecule has 0 atom stereocenters. The van der Waals surface area contributed by atoms with Crippen molar-refractivity contribution in [2.45, 2.75) is 33.1 Å². The minimum Gasteiger partial charge on any atom is -0.369 e. The number of rotatable bonds is 1. The summed E-state index contributed by atoms with van der Waals surface area (Å²) in [5, 5.41) is 8.44. The van der Waals surface area contributed by atoms with Crippen molar-refractivity contribution in [3.63, 3.8) is 0 Å². The Hall–Kier alpha value is -0.540. The first-order valence-corrected chi connectivity index (χ1v) is 6.67. The van der Waals surface area contributed by atoms with E-state index in [9.17, 15) is 0 Å². The van der Waals surface area contributed by atoms with Gasteiger partial charge in [-0.1, -0.05) is 37.0 Å². The Labute approximate surface area is 112 Å². The molecule has 0 unspecified atom stereocenters. The average Bonchev–Trinajstić information content (AvgIpc) is 2.43. The van der Waals surface area contributed by atoms with Crippen LogP contribution >= 0.6 is 23.2 Å². The maximum atomic E-state index is 6.08. The fourth-order valence-corrected chi connectivity index (χ4v) is 2.58. The molecule has 1 aliphatic heterocycles. The fourth-order valence-electron chi connectivity index (χ4n) is 2.23. The highest BCUT2D eigenvalue weighted by molar-refractivity contribution is 6.33. The lowest BCUT2D eigenvalue weighted by Gasteiger charge is -2.25. The zero-order chi connectivity index (χ0) is 12.5. The van der Waals surface area contributed by atoms with Gasteiger partial charge in [0.2, 0.25) is 0 Å². The number of hydrogen-bond donors (Lipinski definition) is 0. The summed E-state index contributed by atoms with van der Waals surface area (Å²) in [6.45, 7) is 6.63. The SMILES string of the molecule is CC1(C)CCCN(c2cc(Cl)nnc2Cl)CC1. The number of hydrogen-bond acceptors (Lipinski definition) is 3. The second-order valence-electron chi connectivity index (χ2n) is 5.35. The topological polar surface area (TPSA) is 29.0 Å². The summed E-state index contributed by atoms with van der Waals surface area (Å²) >= 11 is 12.0. The van der Waals surface area contributed by atoms with Gasteiger partial charge in [-0.3, -0.25) is 0 Å². The molecule has 1 aromatic rings. The highest BCUT2D eigenvalue weighted by Crippen LogP contribution is 2.33. The van der Waals surface area contributed by atoms with E-state index in [1.54, 1.807) is 6.07 Å². The molecule has 0 aliphatic carbocycles. The Balaban J connectivity index is 2.19. The first kappa shape index (κ1) is 12.9. The third-order valence-electron chi connectivity index (χ3n) is 3.38. The molecule has 2 heterocycles. The van der Waals surface area contributed by atoms with Crippen LogP contribution in [-0.4, -0.2) is 23.3 Å². The largest absolute Gasteiger partial charge is 0.369 e. The van der Waals surface area contributed by atoms with Crippen LogP contribution in [0.2, 0.25) is 10.3 Å². The molecule has 1 fully saturated rings. The van der Waals surface area contributed by atoms with E-state index in [4.69, 9.17) is 23.2 Å². The van der Waals surface area contributed by atoms with Gasteiger partial charge in [0.25, 0.3) is 0 Å². The van der Waals surface area contributed by atoms with Crippen molar-refractivity contribution >= 4 is 28.9 Å². The normalized spacial score (nSPS) is 20.1. The summed E-state index contributed by atoms with van der Waals surface area (Å²) in [5.41, 5.74) is 1.32. The highest BCUT2D eigenvalue weighted by atomic mass is 35.5. The summed E-state index contributed by atoms with van der Waals surface area (Å²) in [6, 6.07) is 1.80. The van der Waals surface area contributed by atoms with Crippen molar-refractivity contribution in [2.75, 3.05) is 18.0 Å². The Morgan fingerprint density at radius 1 is 1.18 bits per heavy atom. The molecule has 0 radical (unpaired) electrons. The van der Waals surface area contributed by atoms with Gasteiger partial charge in [0.15, 0.2) is 10.3 Å². The van der Waals surface area contributed by atoms with Crippen LogP contribution < -0.4 is 4.90 Å². The zero-order valence-electron chi connectivity index (χ0n) is 10.2. The van der Waals surface area contributed by atoms with Crippen molar-refractivity contribution in [1.29, 1.82) is 0 Å². The fraction of sp³-hybridized carbons (Fsp3) is 0.667. The summed E-state index contributed by atoms with van der Waals surface area (Å²) in [7, 11) is 0. The Morgan fingerprint density at radius 2 is 1.94 bits per heavy atom. The molecule has 1 saturated heterocycles. The second-order valence-corrected chi connectivity index (χ2v) is 6.09. The van der Waals surface area contributed by atoms with Crippen LogP contribution in [0.4, 0.5) is 5.69 Å². The summed E-state index contributed by atoms with van der Waals surface area (Å²) in [4.78, 5) is 2.26. The molecule has 0 spiro atoms. The van der Waals surface area contributed by atoms with Crippen LogP contribution in [0.5, 0.6) is 0 Å². The van der Waals surface area contributed by atoms with Gasteiger partial charge in [-0.2, -0.15) is 0 Å². The molecule has 0 N–H and O–H groups in total. The number of halogens is 2. The first-order valence-electron chi connectivity index (χ1n) is 5.92.